The van der Waals surface area contributed by atoms with E-state index >= 15 is 0 Å². The van der Waals surface area contributed by atoms with Gasteiger partial charge in [-0.3, -0.25) is 4.68 Å². The summed E-state index contributed by atoms with van der Waals surface area (Å²) >= 11 is 3.69. The van der Waals surface area contributed by atoms with Gasteiger partial charge in [0.05, 0.1) is 15.9 Å². The zero-order valence-electron chi connectivity index (χ0n) is 13.9. The van der Waals surface area contributed by atoms with Crippen molar-refractivity contribution in [1.29, 1.82) is 0 Å². The maximum absolute atomic E-state index is 4.51. The summed E-state index contributed by atoms with van der Waals surface area (Å²) in [6.45, 7) is 5.51. The van der Waals surface area contributed by atoms with Crippen LogP contribution in [-0.2, 0) is 13.5 Å². The van der Waals surface area contributed by atoms with E-state index in [4.69, 9.17) is 0 Å². The monoisotopic (exact) mass is 357 g/mol. The molecule has 0 bridgehead atoms. The first-order valence-corrected chi connectivity index (χ1v) is 8.47. The first kappa shape index (κ1) is 16.9. The molecule has 0 amide bonds. The van der Waals surface area contributed by atoms with Crippen LogP contribution in [0.1, 0.15) is 17.8 Å². The molecule has 1 aliphatic rings. The van der Waals surface area contributed by atoms with Crippen LogP contribution in [0.4, 0.5) is 0 Å². The van der Waals surface area contributed by atoms with E-state index in [0.717, 1.165) is 23.1 Å². The molecule has 2 unspecified atom stereocenters. The Bertz CT molecular complexity index is 473. The van der Waals surface area contributed by atoms with Gasteiger partial charge in [-0.2, -0.15) is 5.10 Å². The predicted molar refractivity (Wildman–Crippen MR) is 90.7 cm³/mol. The Morgan fingerprint density at radius 3 is 2.62 bits per heavy atom. The van der Waals surface area contributed by atoms with E-state index in [1.54, 1.807) is 0 Å². The van der Waals surface area contributed by atoms with Crippen LogP contribution in [0.25, 0.3) is 0 Å². The average Bonchev–Trinajstić information content (AvgIpc) is 2.59. The Kier molecular flexibility index (Phi) is 5.82. The molecule has 0 radical (unpaired) electrons. The first-order chi connectivity index (χ1) is 9.93. The number of aromatic nitrogens is 2. The summed E-state index contributed by atoms with van der Waals surface area (Å²) in [5.41, 5.74) is 2.33. The maximum atomic E-state index is 4.51. The van der Waals surface area contributed by atoms with Crippen molar-refractivity contribution >= 4 is 15.9 Å². The number of hydrogen-bond acceptors (Lipinski definition) is 4. The van der Waals surface area contributed by atoms with Crippen molar-refractivity contribution < 1.29 is 0 Å². The average molecular weight is 358 g/mol. The molecule has 6 heteroatoms. The number of nitrogens with zero attached hydrogens (tertiary/aromatic N) is 4. The highest BCUT2D eigenvalue weighted by atomic mass is 79.9. The second-order valence-corrected chi connectivity index (χ2v) is 7.03. The molecule has 0 spiro atoms. The fourth-order valence-corrected chi connectivity index (χ4v) is 3.78. The Morgan fingerprint density at radius 1 is 1.33 bits per heavy atom. The topological polar surface area (TPSA) is 36.3 Å². The van der Waals surface area contributed by atoms with E-state index in [1.807, 2.05) is 18.7 Å². The lowest BCUT2D eigenvalue weighted by atomic mass is 10.0. The Labute approximate surface area is 136 Å². The fraction of sp³-hybridized carbons (Fsp3) is 0.800. The quantitative estimate of drug-likeness (QED) is 0.879. The van der Waals surface area contributed by atoms with Crippen LogP contribution < -0.4 is 5.32 Å². The van der Waals surface area contributed by atoms with Crippen molar-refractivity contribution in [2.45, 2.75) is 31.8 Å². The van der Waals surface area contributed by atoms with Crippen LogP contribution in [-0.4, -0.2) is 72.4 Å². The third-order valence-corrected chi connectivity index (χ3v) is 5.66. The third-order valence-electron chi connectivity index (χ3n) is 4.63. The van der Waals surface area contributed by atoms with E-state index in [9.17, 15) is 0 Å². The van der Waals surface area contributed by atoms with Gasteiger partial charge in [0.25, 0.3) is 0 Å². The Morgan fingerprint density at radius 2 is 2.05 bits per heavy atom. The number of nitrogens with one attached hydrogen (secondary N) is 1. The second kappa shape index (κ2) is 7.22. The summed E-state index contributed by atoms with van der Waals surface area (Å²) < 4.78 is 3.15. The Balaban J connectivity index is 2.18. The lowest BCUT2D eigenvalue weighted by Gasteiger charge is -2.34. The summed E-state index contributed by atoms with van der Waals surface area (Å²) in [5, 5.41) is 8.05. The highest BCUT2D eigenvalue weighted by Crippen LogP contribution is 2.23. The van der Waals surface area contributed by atoms with Crippen LogP contribution in [0.5, 0.6) is 0 Å². The minimum Gasteiger partial charge on any atom is -0.315 e. The molecule has 0 saturated carbocycles. The lowest BCUT2D eigenvalue weighted by molar-refractivity contribution is 0.180. The van der Waals surface area contributed by atoms with Crippen LogP contribution in [0.15, 0.2) is 4.47 Å². The molecule has 0 aromatic carbocycles. The zero-order valence-corrected chi connectivity index (χ0v) is 15.4. The normalized spacial score (nSPS) is 23.2. The molecule has 1 aromatic heterocycles. The van der Waals surface area contributed by atoms with E-state index in [0.29, 0.717) is 12.1 Å². The number of rotatable bonds is 4. The molecule has 2 heterocycles. The second-order valence-electron chi connectivity index (χ2n) is 6.23. The van der Waals surface area contributed by atoms with Crippen molar-refractivity contribution in [1.82, 2.24) is 24.9 Å². The van der Waals surface area contributed by atoms with Gasteiger partial charge in [0.15, 0.2) is 0 Å². The lowest BCUT2D eigenvalue weighted by Crippen LogP contribution is -2.52. The standard InChI is InChI=1S/C15H28BrN5/c1-11-15(16)13(21(5)18-11)9-12(17-2)14-10-19(3)7-6-8-20(14)4/h12,14,17H,6-10H2,1-5H3. The van der Waals surface area contributed by atoms with Crippen molar-refractivity contribution in [2.75, 3.05) is 40.8 Å². The largest absolute Gasteiger partial charge is 0.315 e. The molecular weight excluding hydrogens is 330 g/mol. The molecular formula is C15H28BrN5. The molecule has 1 aliphatic heterocycles. The highest BCUT2D eigenvalue weighted by Gasteiger charge is 2.29. The van der Waals surface area contributed by atoms with Crippen molar-refractivity contribution in [3.05, 3.63) is 15.9 Å². The predicted octanol–water partition coefficient (Wildman–Crippen LogP) is 1.26. The van der Waals surface area contributed by atoms with Crippen LogP contribution >= 0.6 is 15.9 Å². The molecule has 120 valence electrons. The van der Waals surface area contributed by atoms with Gasteiger partial charge in [0.1, 0.15) is 0 Å². The molecule has 21 heavy (non-hydrogen) atoms. The Hall–Kier alpha value is -0.430. The smallest absolute Gasteiger partial charge is 0.0738 e. The molecule has 1 aromatic rings. The molecule has 0 aliphatic carbocycles. The van der Waals surface area contributed by atoms with Crippen LogP contribution in [0, 0.1) is 6.92 Å². The van der Waals surface area contributed by atoms with E-state index < -0.39 is 0 Å². The molecule has 2 atom stereocenters. The molecule has 2 rings (SSSR count). The van der Waals surface area contributed by atoms with E-state index in [1.165, 1.54) is 25.2 Å². The van der Waals surface area contributed by atoms with Gasteiger partial charge in [-0.1, -0.05) is 0 Å². The number of likely N-dealkylation sites (N-methyl/N-ethyl adjacent to an activating group) is 3. The van der Waals surface area contributed by atoms with Gasteiger partial charge >= 0.3 is 0 Å². The summed E-state index contributed by atoms with van der Waals surface area (Å²) in [7, 11) is 8.57. The van der Waals surface area contributed by atoms with Crippen LogP contribution in [0.2, 0.25) is 0 Å². The third kappa shape index (κ3) is 3.86. The molecule has 1 saturated heterocycles. The first-order valence-electron chi connectivity index (χ1n) is 7.68. The number of hydrogen-bond donors (Lipinski definition) is 1. The minimum absolute atomic E-state index is 0.418. The van der Waals surface area contributed by atoms with E-state index in [2.05, 4.69) is 57.3 Å². The van der Waals surface area contributed by atoms with Gasteiger partial charge in [0, 0.05) is 32.1 Å². The molecule has 1 fully saturated rings. The summed E-state index contributed by atoms with van der Waals surface area (Å²) in [6, 6.07) is 0.936. The zero-order chi connectivity index (χ0) is 15.6. The number of aryl methyl sites for hydroxylation is 2. The fourth-order valence-electron chi connectivity index (χ4n) is 3.28. The molecule has 5 nitrogen and oxygen atoms in total. The SMILES string of the molecule is CNC(Cc1c(Br)c(C)nn1C)C1CN(C)CCCN1C. The van der Waals surface area contributed by atoms with Gasteiger partial charge in [-0.05, 0) is 63.5 Å². The van der Waals surface area contributed by atoms with Gasteiger partial charge in [0.2, 0.25) is 0 Å². The van der Waals surface area contributed by atoms with Gasteiger partial charge in [-0.15, -0.1) is 0 Å². The van der Waals surface area contributed by atoms with Gasteiger partial charge in [-0.25, -0.2) is 0 Å². The summed E-state index contributed by atoms with van der Waals surface area (Å²) in [6.07, 6.45) is 2.23. The molecule has 1 N–H and O–H groups in total. The van der Waals surface area contributed by atoms with Gasteiger partial charge < -0.3 is 15.1 Å². The van der Waals surface area contributed by atoms with Crippen LogP contribution in [0.3, 0.4) is 0 Å². The highest BCUT2D eigenvalue weighted by molar-refractivity contribution is 9.10. The minimum atomic E-state index is 0.418. The van der Waals surface area contributed by atoms with Crippen molar-refractivity contribution in [3.63, 3.8) is 0 Å². The van der Waals surface area contributed by atoms with Crippen molar-refractivity contribution in [2.24, 2.45) is 7.05 Å². The summed E-state index contributed by atoms with van der Waals surface area (Å²) in [5.74, 6) is 0. The number of halogens is 1. The van der Waals surface area contributed by atoms with E-state index in [-0.39, 0.29) is 0 Å². The maximum Gasteiger partial charge on any atom is 0.0738 e. The summed E-state index contributed by atoms with van der Waals surface area (Å²) in [4.78, 5) is 4.95. The van der Waals surface area contributed by atoms with Crippen molar-refractivity contribution in [3.8, 4) is 0 Å².